The second kappa shape index (κ2) is 9.05. The Bertz CT molecular complexity index is 615. The van der Waals surface area contributed by atoms with E-state index in [1.165, 1.54) is 6.92 Å². The highest BCUT2D eigenvalue weighted by molar-refractivity contribution is 5.87. The van der Waals surface area contributed by atoms with Crippen molar-refractivity contribution in [3.8, 4) is 5.75 Å². The van der Waals surface area contributed by atoms with Crippen LogP contribution >= 0.6 is 0 Å². The van der Waals surface area contributed by atoms with E-state index in [-0.39, 0.29) is 36.9 Å². The minimum Gasteiger partial charge on any atom is -0.497 e. The van der Waals surface area contributed by atoms with Crippen molar-refractivity contribution in [1.82, 2.24) is 15.5 Å². The normalized spacial score (nSPS) is 16.4. The first-order chi connectivity index (χ1) is 12.0. The highest BCUT2D eigenvalue weighted by Gasteiger charge is 2.28. The Hall–Kier alpha value is -2.57. The van der Waals surface area contributed by atoms with Crippen molar-refractivity contribution < 1.29 is 19.1 Å². The largest absolute Gasteiger partial charge is 0.497 e. The third-order valence-electron chi connectivity index (χ3n) is 4.26. The fourth-order valence-corrected chi connectivity index (χ4v) is 2.95. The molecular formula is C18H25N3O4. The lowest BCUT2D eigenvalue weighted by Crippen LogP contribution is -2.45. The maximum absolute atomic E-state index is 12.4. The molecule has 1 aromatic carbocycles. The number of hydrogen-bond donors (Lipinski definition) is 2. The van der Waals surface area contributed by atoms with Crippen molar-refractivity contribution in [3.63, 3.8) is 0 Å². The van der Waals surface area contributed by atoms with Crippen LogP contribution in [0.3, 0.4) is 0 Å². The molecule has 7 heteroatoms. The second-order valence-electron chi connectivity index (χ2n) is 6.12. The lowest BCUT2D eigenvalue weighted by molar-refractivity contribution is -0.133. The molecule has 25 heavy (non-hydrogen) atoms. The first-order valence-electron chi connectivity index (χ1n) is 8.43. The smallest absolute Gasteiger partial charge is 0.242 e. The third kappa shape index (κ3) is 5.77. The van der Waals surface area contributed by atoms with Gasteiger partial charge in [0.25, 0.3) is 0 Å². The first-order valence-corrected chi connectivity index (χ1v) is 8.43. The van der Waals surface area contributed by atoms with Crippen molar-refractivity contribution in [2.24, 2.45) is 0 Å². The molecule has 1 aromatic rings. The molecule has 1 heterocycles. The standard InChI is InChI=1S/C18H25N3O4/c1-13(22)19-11-17(23)20-12-18(24)21-9-3-4-15(21)10-14-5-7-16(25-2)8-6-14/h5-8,15H,3-4,9-12H2,1-2H3,(H,19,22)(H,20,23). The molecular weight excluding hydrogens is 322 g/mol. The maximum atomic E-state index is 12.4. The Morgan fingerprint density at radius 2 is 1.88 bits per heavy atom. The molecule has 0 aromatic heterocycles. The van der Waals surface area contributed by atoms with Gasteiger partial charge in [-0.2, -0.15) is 0 Å². The molecule has 1 atom stereocenters. The number of ether oxygens (including phenoxy) is 1. The summed E-state index contributed by atoms with van der Waals surface area (Å²) in [5.41, 5.74) is 1.15. The number of hydrogen-bond acceptors (Lipinski definition) is 4. The van der Waals surface area contributed by atoms with Crippen LogP contribution in [-0.2, 0) is 20.8 Å². The number of nitrogens with zero attached hydrogens (tertiary/aromatic N) is 1. The molecule has 1 saturated heterocycles. The number of rotatable bonds is 7. The van der Waals surface area contributed by atoms with E-state index >= 15 is 0 Å². The van der Waals surface area contributed by atoms with Crippen molar-refractivity contribution in [3.05, 3.63) is 29.8 Å². The summed E-state index contributed by atoms with van der Waals surface area (Å²) in [6.07, 6.45) is 2.71. The van der Waals surface area contributed by atoms with Crippen LogP contribution in [0.4, 0.5) is 0 Å². The highest BCUT2D eigenvalue weighted by Crippen LogP contribution is 2.22. The predicted molar refractivity (Wildman–Crippen MR) is 93.1 cm³/mol. The van der Waals surface area contributed by atoms with E-state index in [2.05, 4.69) is 10.6 Å². The van der Waals surface area contributed by atoms with Crippen LogP contribution in [0.2, 0.25) is 0 Å². The molecule has 136 valence electrons. The molecule has 0 bridgehead atoms. The number of likely N-dealkylation sites (tertiary alicyclic amines) is 1. The summed E-state index contributed by atoms with van der Waals surface area (Å²) in [6.45, 7) is 1.89. The Morgan fingerprint density at radius 1 is 1.16 bits per heavy atom. The summed E-state index contributed by atoms with van der Waals surface area (Å²) in [5.74, 6) is 0.0761. The van der Waals surface area contributed by atoms with Gasteiger partial charge in [-0.05, 0) is 37.0 Å². The van der Waals surface area contributed by atoms with Gasteiger partial charge in [-0.15, -0.1) is 0 Å². The molecule has 1 unspecified atom stereocenters. The summed E-state index contributed by atoms with van der Waals surface area (Å²) < 4.78 is 5.16. The monoisotopic (exact) mass is 347 g/mol. The number of benzene rings is 1. The van der Waals surface area contributed by atoms with Crippen LogP contribution in [0.1, 0.15) is 25.3 Å². The predicted octanol–water partition coefficient (Wildman–Crippen LogP) is 0.481. The van der Waals surface area contributed by atoms with Gasteiger partial charge < -0.3 is 20.3 Å². The van der Waals surface area contributed by atoms with Gasteiger partial charge in [-0.25, -0.2) is 0 Å². The molecule has 1 aliphatic rings. The van der Waals surface area contributed by atoms with E-state index in [0.717, 1.165) is 30.6 Å². The van der Waals surface area contributed by atoms with Crippen LogP contribution in [0.15, 0.2) is 24.3 Å². The van der Waals surface area contributed by atoms with Crippen LogP contribution in [-0.4, -0.2) is 55.4 Å². The minimum absolute atomic E-state index is 0.0441. The van der Waals surface area contributed by atoms with Gasteiger partial charge in [-0.1, -0.05) is 12.1 Å². The van der Waals surface area contributed by atoms with Gasteiger partial charge in [0, 0.05) is 19.5 Å². The number of amides is 3. The average molecular weight is 347 g/mol. The number of carbonyl (C=O) groups excluding carboxylic acids is 3. The number of nitrogens with one attached hydrogen (secondary N) is 2. The minimum atomic E-state index is -0.366. The van der Waals surface area contributed by atoms with E-state index in [1.807, 2.05) is 29.2 Å². The van der Waals surface area contributed by atoms with Crippen molar-refractivity contribution in [1.29, 1.82) is 0 Å². The van der Waals surface area contributed by atoms with Crippen molar-refractivity contribution in [2.75, 3.05) is 26.7 Å². The summed E-state index contributed by atoms with van der Waals surface area (Å²) in [5, 5.41) is 4.96. The number of carbonyl (C=O) groups is 3. The van der Waals surface area contributed by atoms with E-state index in [4.69, 9.17) is 4.74 Å². The van der Waals surface area contributed by atoms with Gasteiger partial charge in [-0.3, -0.25) is 14.4 Å². The van der Waals surface area contributed by atoms with Gasteiger partial charge in [0.05, 0.1) is 20.2 Å². The fraction of sp³-hybridized carbons (Fsp3) is 0.500. The van der Waals surface area contributed by atoms with Crippen LogP contribution in [0.5, 0.6) is 5.75 Å². The Kier molecular flexibility index (Phi) is 6.80. The van der Waals surface area contributed by atoms with Gasteiger partial charge in [0.15, 0.2) is 0 Å². The van der Waals surface area contributed by atoms with Crippen LogP contribution in [0, 0.1) is 0 Å². The highest BCUT2D eigenvalue weighted by atomic mass is 16.5. The molecule has 7 nitrogen and oxygen atoms in total. The topological polar surface area (TPSA) is 87.7 Å². The summed E-state index contributed by atoms with van der Waals surface area (Å²) in [6, 6.07) is 8.00. The molecule has 1 aliphatic heterocycles. The third-order valence-corrected chi connectivity index (χ3v) is 4.26. The second-order valence-corrected chi connectivity index (χ2v) is 6.12. The van der Waals surface area contributed by atoms with Gasteiger partial charge in [0.1, 0.15) is 5.75 Å². The molecule has 1 fully saturated rings. The summed E-state index contributed by atoms with van der Waals surface area (Å²) in [7, 11) is 1.63. The number of methoxy groups -OCH3 is 1. The molecule has 0 saturated carbocycles. The Balaban J connectivity index is 1.83. The molecule has 0 radical (unpaired) electrons. The lowest BCUT2D eigenvalue weighted by Gasteiger charge is -2.25. The van der Waals surface area contributed by atoms with Gasteiger partial charge >= 0.3 is 0 Å². The lowest BCUT2D eigenvalue weighted by atomic mass is 10.0. The summed E-state index contributed by atoms with van der Waals surface area (Å²) in [4.78, 5) is 36.6. The van der Waals surface area contributed by atoms with E-state index < -0.39 is 0 Å². The van der Waals surface area contributed by atoms with E-state index in [0.29, 0.717) is 6.54 Å². The zero-order valence-electron chi connectivity index (χ0n) is 14.7. The Morgan fingerprint density at radius 3 is 2.52 bits per heavy atom. The van der Waals surface area contributed by atoms with Crippen LogP contribution < -0.4 is 15.4 Å². The molecule has 0 spiro atoms. The summed E-state index contributed by atoms with van der Waals surface area (Å²) >= 11 is 0. The van der Waals surface area contributed by atoms with Crippen molar-refractivity contribution >= 4 is 17.7 Å². The van der Waals surface area contributed by atoms with Gasteiger partial charge in [0.2, 0.25) is 17.7 Å². The molecule has 2 N–H and O–H groups in total. The maximum Gasteiger partial charge on any atom is 0.242 e. The first kappa shape index (κ1) is 18.8. The fourth-order valence-electron chi connectivity index (χ4n) is 2.95. The zero-order chi connectivity index (χ0) is 18.2. The molecule has 0 aliphatic carbocycles. The molecule has 3 amide bonds. The SMILES string of the molecule is COc1ccc(CC2CCCN2C(=O)CNC(=O)CNC(C)=O)cc1. The quantitative estimate of drug-likeness (QED) is 0.751. The average Bonchev–Trinajstić information content (AvgIpc) is 3.06. The zero-order valence-corrected chi connectivity index (χ0v) is 14.7. The van der Waals surface area contributed by atoms with Crippen LogP contribution in [0.25, 0.3) is 0 Å². The Labute approximate surface area is 147 Å². The van der Waals surface area contributed by atoms with Crippen molar-refractivity contribution in [2.45, 2.75) is 32.2 Å². The molecule has 2 rings (SSSR count). The van der Waals surface area contributed by atoms with E-state index in [9.17, 15) is 14.4 Å². The van der Waals surface area contributed by atoms with E-state index in [1.54, 1.807) is 7.11 Å².